The number of nitrogens with one attached hydrogen (secondary N) is 3. The first-order valence-corrected chi connectivity index (χ1v) is 11.0. The van der Waals surface area contributed by atoms with Crippen molar-refractivity contribution >= 4 is 35.8 Å². The largest absolute Gasteiger partial charge is 0.497 e. The molecule has 7 nitrogen and oxygen atoms in total. The minimum atomic E-state index is -0.556. The number of rotatable bonds is 9. The molecule has 0 radical (unpaired) electrons. The highest BCUT2D eigenvalue weighted by Crippen LogP contribution is 2.26. The number of methoxy groups -OCH3 is 1. The van der Waals surface area contributed by atoms with E-state index in [0.29, 0.717) is 6.54 Å². The van der Waals surface area contributed by atoms with Crippen molar-refractivity contribution in [3.05, 3.63) is 29.8 Å². The Morgan fingerprint density at radius 1 is 1.16 bits per heavy atom. The number of piperidine rings is 1. The number of halogens is 1. The van der Waals surface area contributed by atoms with Gasteiger partial charge in [-0.15, -0.1) is 24.0 Å². The lowest BCUT2D eigenvalue weighted by molar-refractivity contribution is -0.128. The monoisotopic (exact) mass is 545 g/mol. The zero-order valence-corrected chi connectivity index (χ0v) is 22.0. The highest BCUT2D eigenvalue weighted by Gasteiger charge is 2.27. The summed E-state index contributed by atoms with van der Waals surface area (Å²) < 4.78 is 5.33. The Morgan fingerprint density at radius 3 is 2.35 bits per heavy atom. The number of hydrogen-bond donors (Lipinski definition) is 3. The first kappa shape index (κ1) is 27.5. The maximum Gasteiger partial charge on any atom is 0.227 e. The second kappa shape index (κ2) is 13.8. The zero-order valence-electron chi connectivity index (χ0n) is 19.7. The molecule has 31 heavy (non-hydrogen) atoms. The molecule has 0 aromatic heterocycles. The minimum Gasteiger partial charge on any atom is -0.497 e. The van der Waals surface area contributed by atoms with Crippen LogP contribution in [0, 0.1) is 5.41 Å². The van der Waals surface area contributed by atoms with Gasteiger partial charge in [-0.3, -0.25) is 14.7 Å². The van der Waals surface area contributed by atoms with Crippen molar-refractivity contribution in [3.8, 4) is 5.75 Å². The van der Waals surface area contributed by atoms with E-state index in [1.54, 1.807) is 14.2 Å². The predicted octanol–water partition coefficient (Wildman–Crippen LogP) is 3.17. The SMILES string of the molecule is CCNC(=NCC(C)(C)C(=O)NC)NCC(c1ccc(OC)cc1)N1CCCCC1.I. The normalized spacial score (nSPS) is 16.1. The summed E-state index contributed by atoms with van der Waals surface area (Å²) in [6, 6.07) is 8.61. The molecule has 0 bridgehead atoms. The molecule has 1 fully saturated rings. The van der Waals surface area contributed by atoms with Gasteiger partial charge in [-0.25, -0.2) is 0 Å². The summed E-state index contributed by atoms with van der Waals surface area (Å²) in [5, 5.41) is 9.54. The number of likely N-dealkylation sites (tertiary alicyclic amines) is 1. The first-order chi connectivity index (χ1) is 14.4. The van der Waals surface area contributed by atoms with E-state index in [4.69, 9.17) is 4.74 Å². The van der Waals surface area contributed by atoms with Crippen molar-refractivity contribution in [1.82, 2.24) is 20.9 Å². The third-order valence-corrected chi connectivity index (χ3v) is 5.61. The maximum atomic E-state index is 12.1. The van der Waals surface area contributed by atoms with Gasteiger partial charge >= 0.3 is 0 Å². The molecular weight excluding hydrogens is 505 g/mol. The van der Waals surface area contributed by atoms with Crippen molar-refractivity contribution in [2.45, 2.75) is 46.1 Å². The van der Waals surface area contributed by atoms with Crippen LogP contribution < -0.4 is 20.7 Å². The van der Waals surface area contributed by atoms with Crippen LogP contribution in [-0.2, 0) is 4.79 Å². The molecule has 1 heterocycles. The molecule has 1 aromatic carbocycles. The van der Waals surface area contributed by atoms with Gasteiger partial charge in [0.05, 0.1) is 25.1 Å². The Hall–Kier alpha value is -1.55. The molecule has 8 heteroatoms. The Labute approximate surface area is 204 Å². The molecule has 1 saturated heterocycles. The van der Waals surface area contributed by atoms with Crippen LogP contribution in [0.2, 0.25) is 0 Å². The molecular formula is C23H40IN5O2. The lowest BCUT2D eigenvalue weighted by Crippen LogP contribution is -2.45. The molecule has 0 saturated carbocycles. The Balaban J connectivity index is 0.00000480. The number of aliphatic imine (C=N–C) groups is 1. The van der Waals surface area contributed by atoms with Crippen molar-refractivity contribution in [2.24, 2.45) is 10.4 Å². The van der Waals surface area contributed by atoms with Crippen LogP contribution in [0.1, 0.15) is 51.6 Å². The Morgan fingerprint density at radius 2 is 1.81 bits per heavy atom. The van der Waals surface area contributed by atoms with Crippen molar-refractivity contribution in [1.29, 1.82) is 0 Å². The summed E-state index contributed by atoms with van der Waals surface area (Å²) in [7, 11) is 3.35. The fraction of sp³-hybridized carbons (Fsp3) is 0.652. The average molecular weight is 546 g/mol. The van der Waals surface area contributed by atoms with Gasteiger partial charge in [0.2, 0.25) is 5.91 Å². The summed E-state index contributed by atoms with van der Waals surface area (Å²) in [5.74, 6) is 1.60. The fourth-order valence-electron chi connectivity index (χ4n) is 3.74. The standard InChI is InChI=1S/C23H39N5O2.HI/c1-6-25-22(27-17-23(2,3)21(29)24-4)26-16-20(28-14-8-7-9-15-28)18-10-12-19(30-5)13-11-18;/h10-13,20H,6-9,14-17H2,1-5H3,(H,24,29)(H2,25,26,27);1H. The van der Waals surface area contributed by atoms with E-state index in [9.17, 15) is 4.79 Å². The second-order valence-corrected chi connectivity index (χ2v) is 8.42. The van der Waals surface area contributed by atoms with Crippen LogP contribution in [0.3, 0.4) is 0 Å². The van der Waals surface area contributed by atoms with Crippen molar-refractivity contribution in [3.63, 3.8) is 0 Å². The topological polar surface area (TPSA) is 78.0 Å². The number of carbonyl (C=O) groups excluding carboxylic acids is 1. The molecule has 1 aliphatic rings. The van der Waals surface area contributed by atoms with Gasteiger partial charge in [0, 0.05) is 20.1 Å². The number of benzene rings is 1. The minimum absolute atomic E-state index is 0. The van der Waals surface area contributed by atoms with Crippen LogP contribution in [-0.4, -0.2) is 63.6 Å². The van der Waals surface area contributed by atoms with E-state index in [1.165, 1.54) is 24.8 Å². The molecule has 1 aromatic rings. The quantitative estimate of drug-likeness (QED) is 0.253. The predicted molar refractivity (Wildman–Crippen MR) is 138 cm³/mol. The number of amides is 1. The van der Waals surface area contributed by atoms with Crippen molar-refractivity contribution < 1.29 is 9.53 Å². The zero-order chi connectivity index (χ0) is 22.0. The number of nitrogens with zero attached hydrogens (tertiary/aromatic N) is 2. The highest BCUT2D eigenvalue weighted by molar-refractivity contribution is 14.0. The van der Waals surface area contributed by atoms with Crippen LogP contribution in [0.25, 0.3) is 0 Å². The van der Waals surface area contributed by atoms with Gasteiger partial charge < -0.3 is 20.7 Å². The second-order valence-electron chi connectivity index (χ2n) is 8.42. The van der Waals surface area contributed by atoms with E-state index >= 15 is 0 Å². The number of ether oxygens (including phenoxy) is 1. The van der Waals surface area contributed by atoms with E-state index in [2.05, 4.69) is 38.0 Å². The number of carbonyl (C=O) groups is 1. The van der Waals surface area contributed by atoms with E-state index in [-0.39, 0.29) is 35.9 Å². The number of hydrogen-bond acceptors (Lipinski definition) is 4. The van der Waals surface area contributed by atoms with Gasteiger partial charge in [-0.1, -0.05) is 18.6 Å². The molecule has 0 spiro atoms. The molecule has 1 amide bonds. The third kappa shape index (κ3) is 8.48. The summed E-state index contributed by atoms with van der Waals surface area (Å²) >= 11 is 0. The van der Waals surface area contributed by atoms with Crippen LogP contribution in [0.5, 0.6) is 5.75 Å². The Kier molecular flexibility index (Phi) is 12.2. The van der Waals surface area contributed by atoms with Crippen LogP contribution in [0.15, 0.2) is 29.3 Å². The smallest absolute Gasteiger partial charge is 0.227 e. The molecule has 0 aliphatic carbocycles. The van der Waals surface area contributed by atoms with Gasteiger partial charge in [-0.2, -0.15) is 0 Å². The lowest BCUT2D eigenvalue weighted by atomic mass is 9.93. The molecule has 1 aliphatic heterocycles. The summed E-state index contributed by atoms with van der Waals surface area (Å²) in [5.41, 5.74) is 0.714. The van der Waals surface area contributed by atoms with E-state index in [0.717, 1.165) is 37.9 Å². The summed E-state index contributed by atoms with van der Waals surface area (Å²) in [4.78, 5) is 19.3. The van der Waals surface area contributed by atoms with Gasteiger partial charge in [0.1, 0.15) is 5.75 Å². The molecule has 176 valence electrons. The van der Waals surface area contributed by atoms with E-state index < -0.39 is 5.41 Å². The van der Waals surface area contributed by atoms with Gasteiger partial charge in [-0.05, 0) is 64.4 Å². The van der Waals surface area contributed by atoms with Crippen LogP contribution in [0.4, 0.5) is 0 Å². The Bertz CT molecular complexity index is 688. The maximum absolute atomic E-state index is 12.1. The van der Waals surface area contributed by atoms with Gasteiger partial charge in [0.15, 0.2) is 5.96 Å². The first-order valence-electron chi connectivity index (χ1n) is 11.0. The third-order valence-electron chi connectivity index (χ3n) is 5.61. The molecule has 3 N–H and O–H groups in total. The average Bonchev–Trinajstić information content (AvgIpc) is 2.78. The van der Waals surface area contributed by atoms with Crippen molar-refractivity contribution in [2.75, 3.05) is 46.9 Å². The fourth-order valence-corrected chi connectivity index (χ4v) is 3.74. The lowest BCUT2D eigenvalue weighted by Gasteiger charge is -2.35. The van der Waals surface area contributed by atoms with Crippen LogP contribution >= 0.6 is 24.0 Å². The van der Waals surface area contributed by atoms with Gasteiger partial charge in [0.25, 0.3) is 0 Å². The summed E-state index contributed by atoms with van der Waals surface area (Å²) in [6.07, 6.45) is 3.78. The molecule has 1 unspecified atom stereocenters. The summed E-state index contributed by atoms with van der Waals surface area (Å²) in [6.45, 7) is 10.0. The number of guanidine groups is 1. The van der Waals surface area contributed by atoms with E-state index in [1.807, 2.05) is 32.9 Å². The highest BCUT2D eigenvalue weighted by atomic mass is 127. The molecule has 2 rings (SSSR count). The molecule has 1 atom stereocenters.